The lowest BCUT2D eigenvalue weighted by molar-refractivity contribution is 0.447. The molecule has 0 radical (unpaired) electrons. The second kappa shape index (κ2) is 6.07. The predicted molar refractivity (Wildman–Crippen MR) is 73.1 cm³/mol. The van der Waals surface area contributed by atoms with Gasteiger partial charge in [0.25, 0.3) is 0 Å². The van der Waals surface area contributed by atoms with Crippen LogP contribution in [0.15, 0.2) is 35.2 Å². The highest BCUT2D eigenvalue weighted by Crippen LogP contribution is 2.22. The molecule has 2 aromatic rings. The van der Waals surface area contributed by atoms with Crippen molar-refractivity contribution in [3.8, 4) is 0 Å². The minimum Gasteiger partial charge on any atom is -0.302 e. The summed E-state index contributed by atoms with van der Waals surface area (Å²) in [6, 6.07) is 5.75. The molecule has 0 amide bonds. The van der Waals surface area contributed by atoms with Crippen molar-refractivity contribution >= 4 is 11.3 Å². The minimum absolute atomic E-state index is 0.153. The molecular formula is C14H17FN2S. The van der Waals surface area contributed by atoms with E-state index in [1.807, 2.05) is 0 Å². The average molecular weight is 264 g/mol. The molecule has 0 spiro atoms. The van der Waals surface area contributed by atoms with Crippen LogP contribution in [0.4, 0.5) is 4.39 Å². The zero-order chi connectivity index (χ0) is 13.0. The van der Waals surface area contributed by atoms with Crippen molar-refractivity contribution in [2.24, 2.45) is 0 Å². The largest absolute Gasteiger partial charge is 0.302 e. The van der Waals surface area contributed by atoms with Gasteiger partial charge in [0.2, 0.25) is 0 Å². The Labute approximate surface area is 111 Å². The fourth-order valence-corrected chi connectivity index (χ4v) is 2.68. The number of rotatable bonds is 5. The lowest BCUT2D eigenvalue weighted by atomic mass is 10.1. The van der Waals surface area contributed by atoms with Crippen LogP contribution in [0, 0.1) is 5.82 Å². The number of hydrogen-bond acceptors (Lipinski definition) is 3. The molecule has 18 heavy (non-hydrogen) atoms. The number of thiophene rings is 1. The molecule has 0 saturated carbocycles. The lowest BCUT2D eigenvalue weighted by Crippen LogP contribution is -2.24. The van der Waals surface area contributed by atoms with Crippen molar-refractivity contribution in [1.29, 1.82) is 0 Å². The highest BCUT2D eigenvalue weighted by molar-refractivity contribution is 7.07. The van der Waals surface area contributed by atoms with Crippen molar-refractivity contribution in [3.05, 3.63) is 52.2 Å². The molecule has 96 valence electrons. The van der Waals surface area contributed by atoms with Gasteiger partial charge < -0.3 is 5.32 Å². The third-order valence-electron chi connectivity index (χ3n) is 3.01. The standard InChI is InChI=1S/C14H17FN2S/c1-3-13(14-5-4-12(15)8-16-14)17-10(2)11-6-7-18-9-11/h4-10,13,17H,3H2,1-2H3. The number of halogens is 1. The van der Waals surface area contributed by atoms with Crippen LogP contribution >= 0.6 is 11.3 Å². The summed E-state index contributed by atoms with van der Waals surface area (Å²) in [5, 5.41) is 7.74. The lowest BCUT2D eigenvalue weighted by Gasteiger charge is -2.21. The molecule has 0 aliphatic carbocycles. The molecule has 0 aliphatic rings. The number of nitrogens with zero attached hydrogens (tertiary/aromatic N) is 1. The molecule has 2 rings (SSSR count). The molecule has 0 saturated heterocycles. The first-order valence-electron chi connectivity index (χ1n) is 6.10. The van der Waals surface area contributed by atoms with Gasteiger partial charge in [-0.3, -0.25) is 4.98 Å². The molecular weight excluding hydrogens is 247 g/mol. The zero-order valence-corrected chi connectivity index (χ0v) is 11.4. The zero-order valence-electron chi connectivity index (χ0n) is 10.6. The number of hydrogen-bond donors (Lipinski definition) is 1. The topological polar surface area (TPSA) is 24.9 Å². The Morgan fingerprint density at radius 2 is 2.22 bits per heavy atom. The summed E-state index contributed by atoms with van der Waals surface area (Å²) in [5.41, 5.74) is 2.17. The first-order valence-corrected chi connectivity index (χ1v) is 7.04. The van der Waals surface area contributed by atoms with Gasteiger partial charge in [0.15, 0.2) is 0 Å². The summed E-state index contributed by atoms with van der Waals surface area (Å²) in [6.45, 7) is 4.23. The van der Waals surface area contributed by atoms with Crippen LogP contribution in [-0.4, -0.2) is 4.98 Å². The summed E-state index contributed by atoms with van der Waals surface area (Å²) in [7, 11) is 0. The van der Waals surface area contributed by atoms with E-state index in [1.54, 1.807) is 17.4 Å². The normalized spacial score (nSPS) is 14.4. The molecule has 0 aromatic carbocycles. The molecule has 2 atom stereocenters. The van der Waals surface area contributed by atoms with E-state index in [-0.39, 0.29) is 17.9 Å². The first kappa shape index (κ1) is 13.2. The van der Waals surface area contributed by atoms with Crippen molar-refractivity contribution < 1.29 is 4.39 Å². The third-order valence-corrected chi connectivity index (χ3v) is 3.71. The SMILES string of the molecule is CCC(NC(C)c1ccsc1)c1ccc(F)cn1. The van der Waals surface area contributed by atoms with E-state index in [0.717, 1.165) is 12.1 Å². The fraction of sp³-hybridized carbons (Fsp3) is 0.357. The highest BCUT2D eigenvalue weighted by atomic mass is 32.1. The van der Waals surface area contributed by atoms with Crippen LogP contribution < -0.4 is 5.32 Å². The van der Waals surface area contributed by atoms with Crippen LogP contribution in [0.25, 0.3) is 0 Å². The Kier molecular flexibility index (Phi) is 4.44. The molecule has 2 unspecified atom stereocenters. The van der Waals surface area contributed by atoms with Gasteiger partial charge in [-0.05, 0) is 47.9 Å². The average Bonchev–Trinajstić information content (AvgIpc) is 2.91. The Bertz CT molecular complexity index is 467. The summed E-state index contributed by atoms with van der Waals surface area (Å²) >= 11 is 1.70. The number of pyridine rings is 1. The minimum atomic E-state index is -0.292. The van der Waals surface area contributed by atoms with E-state index in [1.165, 1.54) is 17.8 Å². The second-order valence-electron chi connectivity index (χ2n) is 4.31. The van der Waals surface area contributed by atoms with Crippen molar-refractivity contribution in [2.75, 3.05) is 0 Å². The highest BCUT2D eigenvalue weighted by Gasteiger charge is 2.15. The predicted octanol–water partition coefficient (Wildman–Crippen LogP) is 4.08. The molecule has 4 heteroatoms. The van der Waals surface area contributed by atoms with Gasteiger partial charge >= 0.3 is 0 Å². The Balaban J connectivity index is 2.07. The summed E-state index contributed by atoms with van der Waals surface area (Å²) in [4.78, 5) is 4.15. The van der Waals surface area contributed by atoms with Crippen molar-refractivity contribution in [1.82, 2.24) is 10.3 Å². The van der Waals surface area contributed by atoms with E-state index in [2.05, 4.69) is 41.0 Å². The van der Waals surface area contributed by atoms with Gasteiger partial charge in [0.1, 0.15) is 5.82 Å². The molecule has 2 aromatic heterocycles. The van der Waals surface area contributed by atoms with E-state index < -0.39 is 0 Å². The Morgan fingerprint density at radius 1 is 1.39 bits per heavy atom. The van der Waals surface area contributed by atoms with Gasteiger partial charge in [0.05, 0.1) is 11.9 Å². The smallest absolute Gasteiger partial charge is 0.141 e. The van der Waals surface area contributed by atoms with Crippen LogP contribution in [0.2, 0.25) is 0 Å². The van der Waals surface area contributed by atoms with Gasteiger partial charge in [-0.25, -0.2) is 4.39 Å². The summed E-state index contributed by atoms with van der Waals surface area (Å²) < 4.78 is 12.9. The van der Waals surface area contributed by atoms with Gasteiger partial charge in [-0.2, -0.15) is 11.3 Å². The molecule has 1 N–H and O–H groups in total. The maximum Gasteiger partial charge on any atom is 0.141 e. The summed E-state index contributed by atoms with van der Waals surface area (Å²) in [5.74, 6) is -0.292. The van der Waals surface area contributed by atoms with Gasteiger partial charge in [-0.15, -0.1) is 0 Å². The molecule has 0 aliphatic heterocycles. The molecule has 0 bridgehead atoms. The van der Waals surface area contributed by atoms with Crippen LogP contribution in [0.1, 0.15) is 43.6 Å². The van der Waals surface area contributed by atoms with Crippen molar-refractivity contribution in [2.45, 2.75) is 32.4 Å². The van der Waals surface area contributed by atoms with Crippen LogP contribution in [0.3, 0.4) is 0 Å². The second-order valence-corrected chi connectivity index (χ2v) is 5.09. The monoisotopic (exact) mass is 264 g/mol. The first-order chi connectivity index (χ1) is 8.70. The number of aromatic nitrogens is 1. The van der Waals surface area contributed by atoms with Crippen LogP contribution in [0.5, 0.6) is 0 Å². The molecule has 2 nitrogen and oxygen atoms in total. The van der Waals surface area contributed by atoms with Gasteiger partial charge in [0, 0.05) is 12.1 Å². The fourth-order valence-electron chi connectivity index (χ4n) is 1.93. The van der Waals surface area contributed by atoms with Crippen LogP contribution in [-0.2, 0) is 0 Å². The van der Waals surface area contributed by atoms with E-state index in [0.29, 0.717) is 0 Å². The van der Waals surface area contributed by atoms with Gasteiger partial charge in [-0.1, -0.05) is 6.92 Å². The Morgan fingerprint density at radius 3 is 2.78 bits per heavy atom. The quantitative estimate of drug-likeness (QED) is 0.880. The summed E-state index contributed by atoms with van der Waals surface area (Å²) in [6.07, 6.45) is 2.20. The van der Waals surface area contributed by atoms with E-state index in [4.69, 9.17) is 0 Å². The molecule has 2 heterocycles. The van der Waals surface area contributed by atoms with E-state index >= 15 is 0 Å². The number of nitrogens with one attached hydrogen (secondary N) is 1. The Hall–Kier alpha value is -1.26. The third kappa shape index (κ3) is 3.15. The van der Waals surface area contributed by atoms with E-state index in [9.17, 15) is 4.39 Å². The molecule has 0 fully saturated rings. The maximum atomic E-state index is 12.9. The van der Waals surface area contributed by atoms with Crippen molar-refractivity contribution in [3.63, 3.8) is 0 Å². The maximum absolute atomic E-state index is 12.9.